The quantitative estimate of drug-likeness (QED) is 0.791. The van der Waals surface area contributed by atoms with E-state index in [4.69, 9.17) is 0 Å². The molecule has 0 amide bonds. The molecule has 0 radical (unpaired) electrons. The number of rotatable bonds is 2. The molecule has 0 atom stereocenters. The summed E-state index contributed by atoms with van der Waals surface area (Å²) in [4.78, 5) is 0. The van der Waals surface area contributed by atoms with E-state index < -0.39 is 0 Å². The van der Waals surface area contributed by atoms with Crippen molar-refractivity contribution in [2.24, 2.45) is 0 Å². The molecule has 0 aliphatic carbocycles. The van der Waals surface area contributed by atoms with Crippen LogP contribution in [0.4, 0.5) is 10.2 Å². The highest BCUT2D eigenvalue weighted by Crippen LogP contribution is 2.21. The second-order valence-electron chi connectivity index (χ2n) is 3.38. The zero-order valence-corrected chi connectivity index (χ0v) is 8.63. The fraction of sp³-hybridized carbons (Fsp3) is 0.182. The van der Waals surface area contributed by atoms with Crippen molar-refractivity contribution < 1.29 is 4.39 Å². The number of hydrogen-bond donors (Lipinski definition) is 2. The number of H-pyrrole nitrogens is 1. The topological polar surface area (TPSA) is 40.7 Å². The van der Waals surface area contributed by atoms with E-state index in [1.54, 1.807) is 20.0 Å². The van der Waals surface area contributed by atoms with Gasteiger partial charge in [0.1, 0.15) is 11.6 Å². The third-order valence-electron chi connectivity index (χ3n) is 2.32. The summed E-state index contributed by atoms with van der Waals surface area (Å²) in [7, 11) is 1.79. The summed E-state index contributed by atoms with van der Waals surface area (Å²) in [5.41, 5.74) is 2.25. The van der Waals surface area contributed by atoms with Gasteiger partial charge in [-0.05, 0) is 18.6 Å². The van der Waals surface area contributed by atoms with Crippen LogP contribution < -0.4 is 5.32 Å². The smallest absolute Gasteiger partial charge is 0.148 e. The lowest BCUT2D eigenvalue weighted by Crippen LogP contribution is -1.85. The Morgan fingerprint density at radius 3 is 2.73 bits per heavy atom. The lowest BCUT2D eigenvalue weighted by molar-refractivity contribution is 0.619. The predicted octanol–water partition coefficient (Wildman–Crippen LogP) is 2.57. The molecular formula is C11H12FN3. The van der Waals surface area contributed by atoms with E-state index in [0.717, 1.165) is 17.1 Å². The standard InChI is InChI=1S/C11H12FN3/c1-7-3-4-8(5-9(7)12)10-6-11(13-2)15-14-10/h3-6H,1-2H3,(H2,13,14,15). The Morgan fingerprint density at radius 2 is 2.13 bits per heavy atom. The maximum atomic E-state index is 13.3. The zero-order chi connectivity index (χ0) is 10.8. The maximum absolute atomic E-state index is 13.3. The van der Waals surface area contributed by atoms with E-state index in [9.17, 15) is 4.39 Å². The minimum atomic E-state index is -0.201. The molecule has 1 heterocycles. The Balaban J connectivity index is 2.40. The second-order valence-corrected chi connectivity index (χ2v) is 3.38. The van der Waals surface area contributed by atoms with Crippen molar-refractivity contribution in [3.05, 3.63) is 35.6 Å². The van der Waals surface area contributed by atoms with Gasteiger partial charge in [0.15, 0.2) is 0 Å². The van der Waals surface area contributed by atoms with E-state index in [1.165, 1.54) is 6.07 Å². The number of aryl methyl sites for hydroxylation is 1. The molecule has 4 heteroatoms. The molecule has 0 aliphatic heterocycles. The van der Waals surface area contributed by atoms with Gasteiger partial charge in [-0.15, -0.1) is 0 Å². The van der Waals surface area contributed by atoms with Gasteiger partial charge in [0.2, 0.25) is 0 Å². The first-order valence-electron chi connectivity index (χ1n) is 4.70. The molecule has 2 N–H and O–H groups in total. The van der Waals surface area contributed by atoms with Crippen LogP contribution in [0.25, 0.3) is 11.3 Å². The number of anilines is 1. The van der Waals surface area contributed by atoms with Crippen LogP contribution in [0.1, 0.15) is 5.56 Å². The summed E-state index contributed by atoms with van der Waals surface area (Å²) in [6.45, 7) is 1.74. The minimum absolute atomic E-state index is 0.201. The van der Waals surface area contributed by atoms with Crippen LogP contribution in [0.15, 0.2) is 24.3 Å². The highest BCUT2D eigenvalue weighted by molar-refractivity contribution is 5.63. The Hall–Kier alpha value is -1.84. The van der Waals surface area contributed by atoms with E-state index in [0.29, 0.717) is 5.56 Å². The lowest BCUT2D eigenvalue weighted by atomic mass is 10.1. The van der Waals surface area contributed by atoms with E-state index >= 15 is 0 Å². The molecule has 0 spiro atoms. The lowest BCUT2D eigenvalue weighted by Gasteiger charge is -1.99. The first-order chi connectivity index (χ1) is 7.20. The van der Waals surface area contributed by atoms with Gasteiger partial charge in [-0.25, -0.2) is 4.39 Å². The minimum Gasteiger partial charge on any atom is -0.372 e. The Labute approximate surface area is 87.3 Å². The van der Waals surface area contributed by atoms with Gasteiger partial charge < -0.3 is 5.32 Å². The summed E-state index contributed by atoms with van der Waals surface area (Å²) in [5.74, 6) is 0.541. The van der Waals surface area contributed by atoms with Crippen molar-refractivity contribution >= 4 is 5.82 Å². The van der Waals surface area contributed by atoms with E-state index in [-0.39, 0.29) is 5.82 Å². The predicted molar refractivity (Wildman–Crippen MR) is 58.3 cm³/mol. The summed E-state index contributed by atoms with van der Waals surface area (Å²) in [5, 5.41) is 9.75. The third-order valence-corrected chi connectivity index (χ3v) is 2.32. The molecule has 1 aromatic carbocycles. The van der Waals surface area contributed by atoms with Crippen LogP contribution in [-0.2, 0) is 0 Å². The molecule has 1 aromatic heterocycles. The molecular weight excluding hydrogens is 193 g/mol. The molecule has 0 saturated carbocycles. The molecule has 0 bridgehead atoms. The van der Waals surface area contributed by atoms with Gasteiger partial charge in [-0.3, -0.25) is 5.10 Å². The molecule has 3 nitrogen and oxygen atoms in total. The van der Waals surface area contributed by atoms with Gasteiger partial charge in [0.25, 0.3) is 0 Å². The Kier molecular flexibility index (Phi) is 2.41. The number of benzene rings is 1. The van der Waals surface area contributed by atoms with Crippen LogP contribution in [-0.4, -0.2) is 17.2 Å². The SMILES string of the molecule is CNc1cc(-c2ccc(C)c(F)c2)[nH]n1. The number of aromatic amines is 1. The fourth-order valence-electron chi connectivity index (χ4n) is 1.36. The van der Waals surface area contributed by atoms with Crippen molar-refractivity contribution in [2.75, 3.05) is 12.4 Å². The third kappa shape index (κ3) is 1.83. The number of hydrogen-bond acceptors (Lipinski definition) is 2. The van der Waals surface area contributed by atoms with Crippen molar-refractivity contribution in [3.8, 4) is 11.3 Å². The van der Waals surface area contributed by atoms with Crippen LogP contribution in [0.2, 0.25) is 0 Å². The van der Waals surface area contributed by atoms with Crippen molar-refractivity contribution in [1.29, 1.82) is 0 Å². The Bertz CT molecular complexity index is 476. The van der Waals surface area contributed by atoms with Gasteiger partial charge in [-0.1, -0.05) is 12.1 Å². The van der Waals surface area contributed by atoms with Crippen LogP contribution >= 0.6 is 0 Å². The van der Waals surface area contributed by atoms with Crippen LogP contribution in [0, 0.1) is 12.7 Å². The van der Waals surface area contributed by atoms with E-state index in [2.05, 4.69) is 15.5 Å². The summed E-state index contributed by atoms with van der Waals surface area (Å²) in [6.07, 6.45) is 0. The first kappa shape index (κ1) is 9.71. The van der Waals surface area contributed by atoms with Crippen LogP contribution in [0.3, 0.4) is 0 Å². The maximum Gasteiger partial charge on any atom is 0.148 e. The molecule has 78 valence electrons. The number of halogens is 1. The number of aromatic nitrogens is 2. The summed E-state index contributed by atoms with van der Waals surface area (Å²) >= 11 is 0. The molecule has 0 unspecified atom stereocenters. The van der Waals surface area contributed by atoms with Gasteiger partial charge >= 0.3 is 0 Å². The highest BCUT2D eigenvalue weighted by atomic mass is 19.1. The molecule has 0 fully saturated rings. The largest absolute Gasteiger partial charge is 0.372 e. The summed E-state index contributed by atoms with van der Waals surface area (Å²) in [6, 6.07) is 6.96. The molecule has 15 heavy (non-hydrogen) atoms. The van der Waals surface area contributed by atoms with E-state index in [1.807, 2.05) is 12.1 Å². The first-order valence-corrected chi connectivity index (χ1v) is 4.70. The van der Waals surface area contributed by atoms with Crippen molar-refractivity contribution in [1.82, 2.24) is 10.2 Å². The fourth-order valence-corrected chi connectivity index (χ4v) is 1.36. The Morgan fingerprint density at radius 1 is 1.33 bits per heavy atom. The number of nitrogens with zero attached hydrogens (tertiary/aromatic N) is 1. The molecule has 2 rings (SSSR count). The average Bonchev–Trinajstić information content (AvgIpc) is 2.70. The average molecular weight is 205 g/mol. The highest BCUT2D eigenvalue weighted by Gasteiger charge is 2.04. The molecule has 0 saturated heterocycles. The zero-order valence-electron chi connectivity index (χ0n) is 8.63. The van der Waals surface area contributed by atoms with Crippen LogP contribution in [0.5, 0.6) is 0 Å². The monoisotopic (exact) mass is 205 g/mol. The second kappa shape index (κ2) is 3.73. The molecule has 0 aliphatic rings. The number of nitrogens with one attached hydrogen (secondary N) is 2. The van der Waals surface area contributed by atoms with Crippen molar-refractivity contribution in [3.63, 3.8) is 0 Å². The van der Waals surface area contributed by atoms with Gasteiger partial charge in [-0.2, -0.15) is 5.10 Å². The van der Waals surface area contributed by atoms with Gasteiger partial charge in [0.05, 0.1) is 5.69 Å². The van der Waals surface area contributed by atoms with Crippen molar-refractivity contribution in [2.45, 2.75) is 6.92 Å². The van der Waals surface area contributed by atoms with Gasteiger partial charge in [0, 0.05) is 18.7 Å². The summed E-state index contributed by atoms with van der Waals surface area (Å²) < 4.78 is 13.3. The normalized spacial score (nSPS) is 10.3. The molecule has 2 aromatic rings.